The molecule has 0 amide bonds. The van der Waals surface area contributed by atoms with Crippen molar-refractivity contribution >= 4 is 0 Å². The molecule has 0 radical (unpaired) electrons. The van der Waals surface area contributed by atoms with Crippen LogP contribution in [0.1, 0.15) is 99.3 Å². The van der Waals surface area contributed by atoms with Crippen molar-refractivity contribution in [3.8, 4) is 0 Å². The van der Waals surface area contributed by atoms with E-state index >= 15 is 0 Å². The molecule has 3 saturated carbocycles. The summed E-state index contributed by atoms with van der Waals surface area (Å²) in [4.78, 5) is 0. The number of hydrogen-bond donors (Lipinski definition) is 17. The number of allylic oxidation sites excluding steroid dienone is 1. The Hall–Kier alpha value is -1.50. The van der Waals surface area contributed by atoms with Crippen molar-refractivity contribution in [3.05, 3.63) is 11.6 Å². The molecule has 41 atom stereocenters. The highest BCUT2D eigenvalue weighted by Crippen LogP contribution is 2.71. The first-order valence-electron chi connectivity index (χ1n) is 33.8. The fourth-order valence-electron chi connectivity index (χ4n) is 18.4. The average molecular weight is 1360 g/mol. The Morgan fingerprint density at radius 2 is 0.989 bits per heavy atom. The van der Waals surface area contributed by atoms with Gasteiger partial charge in [0.2, 0.25) is 0 Å². The first-order chi connectivity index (χ1) is 44.6. The van der Waals surface area contributed by atoms with Crippen LogP contribution in [0.5, 0.6) is 0 Å². The molecule has 0 aromatic carbocycles. The first-order valence-corrected chi connectivity index (χ1v) is 33.8. The van der Waals surface area contributed by atoms with Crippen LogP contribution in [-0.2, 0) is 66.3 Å². The zero-order valence-corrected chi connectivity index (χ0v) is 53.7. The lowest BCUT2D eigenvalue weighted by molar-refractivity contribution is -0.398. The summed E-state index contributed by atoms with van der Waals surface area (Å²) in [5, 5.41) is 186. The van der Waals surface area contributed by atoms with E-state index in [4.69, 9.17) is 66.3 Å². The van der Waals surface area contributed by atoms with Gasteiger partial charge >= 0.3 is 0 Å². The summed E-state index contributed by atoms with van der Waals surface area (Å²) in [6.45, 7) is 9.65. The van der Waals surface area contributed by atoms with Crippen molar-refractivity contribution in [1.82, 2.24) is 0 Å². The monoisotopic (exact) mass is 1350 g/mol. The van der Waals surface area contributed by atoms with Crippen LogP contribution in [0.2, 0.25) is 0 Å². The van der Waals surface area contributed by atoms with Crippen LogP contribution in [0.15, 0.2) is 11.6 Å². The molecule has 8 heterocycles. The third kappa shape index (κ3) is 12.9. The van der Waals surface area contributed by atoms with Crippen LogP contribution in [0.4, 0.5) is 0 Å². The van der Waals surface area contributed by atoms with Crippen molar-refractivity contribution in [3.63, 3.8) is 0 Å². The minimum atomic E-state index is -2.14. The summed E-state index contributed by atoms with van der Waals surface area (Å²) in [5.74, 6) is 2.11. The van der Waals surface area contributed by atoms with E-state index in [-0.39, 0.29) is 16.9 Å². The standard InChI is InChI=1S/C63H102O31/c1-22-9-14-63(82-20-22)23(2)36-31(94-63)16-30-28-8-7-26-15-27(10-12-61(26,5)29(28)11-13-62(30,36)6)85-60-54(93-56-46(76)40(70)37(67)24(3)83-56)50(80)52(34(19-66)88-60)91-57-48(78)43(73)51(25(4)84-57)90-59-49(79)44(74)53(92-58-47(77)42(72)39(69)33(18-65)87-58)35(89-59)21-81-55-45(75)41(71)38(68)32(17-64)86-55/h7,22-25,27-60,64-80H,8-21H2,1-6H3/t22-,23+,24+,25+,27+,28-,29+,30+,31+,32-,33-,34-,35-,36+,37+,38-,39-,40-,41+,42+,43+,44-,45-,46-,47-,48-,49-,50+,51+,52-,53-,54-,55-,56+,57+,58+,59+,60-,61+,62+,63-/m1/s1. The Kier molecular flexibility index (Phi) is 21.8. The zero-order valence-electron chi connectivity index (χ0n) is 53.7. The lowest BCUT2D eigenvalue weighted by Crippen LogP contribution is -2.68. The second-order valence-electron chi connectivity index (χ2n) is 29.5. The van der Waals surface area contributed by atoms with Gasteiger partial charge < -0.3 is 153 Å². The normalized spacial score (nSPS) is 56.9. The van der Waals surface area contributed by atoms with Gasteiger partial charge in [0.1, 0.15) is 134 Å². The quantitative estimate of drug-likeness (QED) is 0.0642. The molecule has 0 aromatic heterocycles. The summed E-state index contributed by atoms with van der Waals surface area (Å²) in [6, 6.07) is 0. The van der Waals surface area contributed by atoms with E-state index in [1.807, 2.05) is 0 Å². The molecule has 0 bridgehead atoms. The smallest absolute Gasteiger partial charge is 0.187 e. The Balaban J connectivity index is 0.727. The molecule has 12 rings (SSSR count). The van der Waals surface area contributed by atoms with E-state index in [0.717, 1.165) is 51.6 Å². The third-order valence-corrected chi connectivity index (χ3v) is 24.0. The van der Waals surface area contributed by atoms with E-state index in [0.29, 0.717) is 48.3 Å². The van der Waals surface area contributed by atoms with Crippen LogP contribution >= 0.6 is 0 Å². The average Bonchev–Trinajstić information content (AvgIpc) is 1.50. The number of fused-ring (bicyclic) bond motifs is 7. The van der Waals surface area contributed by atoms with Crippen molar-refractivity contribution in [2.45, 2.75) is 302 Å². The predicted octanol–water partition coefficient (Wildman–Crippen LogP) is -5.29. The van der Waals surface area contributed by atoms with Gasteiger partial charge in [-0.1, -0.05) is 39.3 Å². The van der Waals surface area contributed by atoms with Gasteiger partial charge in [0.05, 0.1) is 57.5 Å². The molecule has 17 N–H and O–H groups in total. The van der Waals surface area contributed by atoms with E-state index in [9.17, 15) is 86.8 Å². The number of aliphatic hydroxyl groups is 17. The zero-order chi connectivity index (χ0) is 67.5. The van der Waals surface area contributed by atoms with Gasteiger partial charge in [0.25, 0.3) is 0 Å². The molecule has 1 spiro atoms. The van der Waals surface area contributed by atoms with E-state index < -0.39 is 223 Å². The van der Waals surface area contributed by atoms with Gasteiger partial charge in [-0.15, -0.1) is 0 Å². The van der Waals surface area contributed by atoms with E-state index in [2.05, 4.69) is 33.8 Å². The molecule has 540 valence electrons. The largest absolute Gasteiger partial charge is 0.394 e. The molecular formula is C63H102O31. The van der Waals surface area contributed by atoms with E-state index in [1.54, 1.807) is 0 Å². The number of aliphatic hydroxyl groups excluding tert-OH is 17. The van der Waals surface area contributed by atoms with E-state index in [1.165, 1.54) is 19.4 Å². The van der Waals surface area contributed by atoms with Gasteiger partial charge in [-0.3, -0.25) is 0 Å². The molecule has 94 heavy (non-hydrogen) atoms. The maximum Gasteiger partial charge on any atom is 0.187 e. The molecule has 31 nitrogen and oxygen atoms in total. The van der Waals surface area contributed by atoms with Crippen LogP contribution in [-0.4, -0.2) is 322 Å². The van der Waals surface area contributed by atoms with Crippen molar-refractivity contribution in [2.75, 3.05) is 33.0 Å². The number of ether oxygens (including phenoxy) is 14. The van der Waals surface area contributed by atoms with Crippen molar-refractivity contribution < 1.29 is 153 Å². The third-order valence-electron chi connectivity index (χ3n) is 24.0. The summed E-state index contributed by atoms with van der Waals surface area (Å²) in [5.41, 5.74) is 1.24. The molecule has 11 fully saturated rings. The molecular weight excluding hydrogens is 1250 g/mol. The molecule has 8 saturated heterocycles. The highest BCUT2D eigenvalue weighted by molar-refractivity contribution is 5.27. The second-order valence-corrected chi connectivity index (χ2v) is 29.5. The Bertz CT molecular complexity index is 2550. The molecule has 4 aliphatic carbocycles. The van der Waals surface area contributed by atoms with Gasteiger partial charge in [0, 0.05) is 12.3 Å². The Morgan fingerprint density at radius 3 is 1.61 bits per heavy atom. The summed E-state index contributed by atoms with van der Waals surface area (Å²) in [7, 11) is 0. The lowest BCUT2D eigenvalue weighted by Gasteiger charge is -2.59. The van der Waals surface area contributed by atoms with Crippen LogP contribution < -0.4 is 0 Å². The highest BCUT2D eigenvalue weighted by atomic mass is 16.8. The number of hydrogen-bond acceptors (Lipinski definition) is 31. The minimum Gasteiger partial charge on any atom is -0.394 e. The maximum atomic E-state index is 12.5. The van der Waals surface area contributed by atoms with Gasteiger partial charge in [-0.05, 0) is 106 Å². The van der Waals surface area contributed by atoms with Crippen molar-refractivity contribution in [2.24, 2.45) is 46.3 Å². The molecule has 31 heteroatoms. The van der Waals surface area contributed by atoms with Gasteiger partial charge in [0.15, 0.2) is 43.5 Å². The Morgan fingerprint density at radius 1 is 0.468 bits per heavy atom. The Labute approximate surface area is 544 Å². The topological polar surface area (TPSA) is 473 Å². The van der Waals surface area contributed by atoms with Crippen LogP contribution in [0.3, 0.4) is 0 Å². The maximum absolute atomic E-state index is 12.5. The summed E-state index contributed by atoms with van der Waals surface area (Å²) < 4.78 is 85.8. The second kappa shape index (κ2) is 28.4. The SMILES string of the molecule is C[C@@H]1CC[C@@]2(OC1)O[C@H]1C[C@H]3[C@@H]4CC=C5C[C@@H](O[C@@H]6O[C@H](CO)[C@@H](O[C@@H]7O[C@@H](C)[C@H](O[C@@H]8O[C@H](CO[C@@H]9O[C@H](CO)[C@@H](O)[C@H](O)[C@H]9O)[C@@H](O[C@@H]9O[C@H](CO)[C@@H](O)[C@H](O)[C@H]9O)[C@H](O)[C@H]8O)[C@@H](O)[C@H]7O)[C@H](O)[C@H]6O[C@@H]6O[C@@H](C)[C@H](O)[C@@H](O)[C@H]6O)CC[C@]5(C)[C@H]4CC[C@]3(C)[C@H]1[C@@H]2C. The van der Waals surface area contributed by atoms with Gasteiger partial charge in [-0.25, -0.2) is 0 Å². The molecule has 12 aliphatic rings. The highest BCUT2D eigenvalue weighted by Gasteiger charge is 2.69. The summed E-state index contributed by atoms with van der Waals surface area (Å²) in [6.07, 6.45) is -42.8. The minimum absolute atomic E-state index is 0.116. The first kappa shape index (κ1) is 72.3. The van der Waals surface area contributed by atoms with Crippen LogP contribution in [0, 0.1) is 46.3 Å². The summed E-state index contributed by atoms with van der Waals surface area (Å²) >= 11 is 0. The molecule has 0 unspecified atom stereocenters. The lowest BCUT2D eigenvalue weighted by atomic mass is 9.47. The fourth-order valence-corrected chi connectivity index (χ4v) is 18.4. The predicted molar refractivity (Wildman–Crippen MR) is 311 cm³/mol. The fraction of sp³-hybridized carbons (Fsp3) is 0.968. The molecule has 8 aliphatic heterocycles. The molecule has 0 aromatic rings. The van der Waals surface area contributed by atoms with Gasteiger partial charge in [-0.2, -0.15) is 0 Å². The van der Waals surface area contributed by atoms with Crippen LogP contribution in [0.25, 0.3) is 0 Å². The van der Waals surface area contributed by atoms with Crippen molar-refractivity contribution in [1.29, 1.82) is 0 Å². The number of rotatable bonds is 16.